The molecule has 0 radical (unpaired) electrons. The molecule has 0 aliphatic rings. The van der Waals surface area contributed by atoms with Gasteiger partial charge in [0.25, 0.3) is 0 Å². The van der Waals surface area contributed by atoms with Crippen LogP contribution in [0.3, 0.4) is 0 Å². The lowest BCUT2D eigenvalue weighted by Gasteiger charge is -2.17. The standard InChI is InChI=1S/C18H22BrF4NO3Si/c1-5-27-17(25)14-8-11-12(18(21,22)23)9-13(19)15(20)16(11)24(14)10-26-6-7-28(2,3)4/h8-9H,5-7,10H2,1-4H3. The number of alkyl halides is 3. The highest BCUT2D eigenvalue weighted by molar-refractivity contribution is 9.10. The van der Waals surface area contributed by atoms with Crippen LogP contribution in [0.1, 0.15) is 23.0 Å². The van der Waals surface area contributed by atoms with Crippen molar-refractivity contribution in [3.63, 3.8) is 0 Å². The Morgan fingerprint density at radius 1 is 1.25 bits per heavy atom. The molecule has 0 amide bonds. The van der Waals surface area contributed by atoms with Gasteiger partial charge in [-0.1, -0.05) is 19.6 Å². The molecule has 0 spiro atoms. The lowest BCUT2D eigenvalue weighted by Crippen LogP contribution is -2.22. The van der Waals surface area contributed by atoms with Crippen molar-refractivity contribution < 1.29 is 31.8 Å². The zero-order valence-corrected chi connectivity index (χ0v) is 18.6. The molecule has 2 aromatic rings. The van der Waals surface area contributed by atoms with Gasteiger partial charge in [-0.05, 0) is 41.0 Å². The number of rotatable bonds is 7. The SMILES string of the molecule is CCOC(=O)c1cc2c(C(F)(F)F)cc(Br)c(F)c2n1COCC[Si](C)(C)C. The van der Waals surface area contributed by atoms with Gasteiger partial charge in [-0.3, -0.25) is 0 Å². The summed E-state index contributed by atoms with van der Waals surface area (Å²) >= 11 is 2.84. The molecule has 0 N–H and O–H groups in total. The fourth-order valence-electron chi connectivity index (χ4n) is 2.65. The molecular weight excluding hydrogens is 462 g/mol. The van der Waals surface area contributed by atoms with Gasteiger partial charge in [0.05, 0.1) is 22.2 Å². The Bertz CT molecular complexity index is 875. The van der Waals surface area contributed by atoms with Gasteiger partial charge in [-0.15, -0.1) is 0 Å². The van der Waals surface area contributed by atoms with Crippen molar-refractivity contribution in [1.29, 1.82) is 0 Å². The van der Waals surface area contributed by atoms with E-state index in [0.29, 0.717) is 12.7 Å². The molecule has 156 valence electrons. The molecule has 0 fully saturated rings. The second-order valence-electron chi connectivity index (χ2n) is 7.51. The zero-order valence-electron chi connectivity index (χ0n) is 16.0. The Balaban J connectivity index is 2.58. The quantitative estimate of drug-likeness (QED) is 0.208. The van der Waals surface area contributed by atoms with Crippen LogP contribution in [0, 0.1) is 5.82 Å². The molecule has 10 heteroatoms. The van der Waals surface area contributed by atoms with E-state index in [1.165, 1.54) is 0 Å². The van der Waals surface area contributed by atoms with Crippen LogP contribution in [0.25, 0.3) is 10.9 Å². The van der Waals surface area contributed by atoms with Gasteiger partial charge in [0.15, 0.2) is 5.82 Å². The molecule has 2 rings (SSSR count). The third-order valence-electron chi connectivity index (χ3n) is 4.08. The number of benzene rings is 1. The third-order valence-corrected chi connectivity index (χ3v) is 6.36. The summed E-state index contributed by atoms with van der Waals surface area (Å²) in [6.07, 6.45) is -4.72. The Labute approximate surface area is 169 Å². The van der Waals surface area contributed by atoms with Crippen LogP contribution in [0.15, 0.2) is 16.6 Å². The molecule has 4 nitrogen and oxygen atoms in total. The topological polar surface area (TPSA) is 40.5 Å². The number of carbonyl (C=O) groups excluding carboxylic acids is 1. The molecule has 0 aliphatic heterocycles. The predicted molar refractivity (Wildman–Crippen MR) is 105 cm³/mol. The van der Waals surface area contributed by atoms with Crippen LogP contribution < -0.4 is 0 Å². The number of fused-ring (bicyclic) bond motifs is 1. The van der Waals surface area contributed by atoms with Gasteiger partial charge in [0.1, 0.15) is 12.4 Å². The van der Waals surface area contributed by atoms with Gasteiger partial charge < -0.3 is 14.0 Å². The van der Waals surface area contributed by atoms with Crippen LogP contribution in [-0.4, -0.2) is 31.8 Å². The molecule has 0 bridgehead atoms. The van der Waals surface area contributed by atoms with Crippen molar-refractivity contribution in [3.05, 3.63) is 33.7 Å². The van der Waals surface area contributed by atoms with E-state index in [1.54, 1.807) is 6.92 Å². The summed E-state index contributed by atoms with van der Waals surface area (Å²) in [4.78, 5) is 12.3. The molecule has 0 aliphatic carbocycles. The monoisotopic (exact) mass is 483 g/mol. The van der Waals surface area contributed by atoms with Crippen LogP contribution in [0.5, 0.6) is 0 Å². The summed E-state index contributed by atoms with van der Waals surface area (Å²) in [5.74, 6) is -1.73. The Morgan fingerprint density at radius 3 is 2.43 bits per heavy atom. The summed E-state index contributed by atoms with van der Waals surface area (Å²) in [6, 6.07) is 2.50. The fraction of sp³-hybridized carbons (Fsp3) is 0.500. The lowest BCUT2D eigenvalue weighted by molar-refractivity contribution is -0.136. The fourth-order valence-corrected chi connectivity index (χ4v) is 3.82. The Morgan fingerprint density at radius 2 is 1.89 bits per heavy atom. The van der Waals surface area contributed by atoms with Crippen LogP contribution in [0.4, 0.5) is 17.6 Å². The number of carbonyl (C=O) groups is 1. The normalized spacial score (nSPS) is 12.6. The first kappa shape index (κ1) is 22.9. The summed E-state index contributed by atoms with van der Waals surface area (Å²) in [6.45, 7) is 8.17. The average molecular weight is 484 g/mol. The van der Waals surface area contributed by atoms with Crippen molar-refractivity contribution in [3.8, 4) is 0 Å². The van der Waals surface area contributed by atoms with Gasteiger partial charge in [0, 0.05) is 20.1 Å². The highest BCUT2D eigenvalue weighted by atomic mass is 79.9. The minimum Gasteiger partial charge on any atom is -0.461 e. The van der Waals surface area contributed by atoms with Crippen molar-refractivity contribution in [2.45, 2.75) is 45.5 Å². The summed E-state index contributed by atoms with van der Waals surface area (Å²) in [5.41, 5.74) is -1.58. The first-order chi connectivity index (χ1) is 12.9. The smallest absolute Gasteiger partial charge is 0.417 e. The number of esters is 1. The van der Waals surface area contributed by atoms with Crippen LogP contribution in [-0.2, 0) is 22.4 Å². The van der Waals surface area contributed by atoms with Gasteiger partial charge in [0.2, 0.25) is 0 Å². The van der Waals surface area contributed by atoms with Crippen molar-refractivity contribution in [2.24, 2.45) is 0 Å². The Hall–Kier alpha value is -1.39. The summed E-state index contributed by atoms with van der Waals surface area (Å²) in [5, 5.41) is -0.412. The number of aromatic nitrogens is 1. The van der Waals surface area contributed by atoms with E-state index < -0.39 is 37.0 Å². The number of ether oxygens (including phenoxy) is 2. The summed E-state index contributed by atoms with van der Waals surface area (Å²) < 4.78 is 66.4. The number of halogens is 5. The van der Waals surface area contributed by atoms with E-state index >= 15 is 0 Å². The second-order valence-corrected chi connectivity index (χ2v) is 14.0. The molecule has 1 heterocycles. The first-order valence-corrected chi connectivity index (χ1v) is 13.2. The molecular formula is C18H22BrF4NO3Si. The maximum absolute atomic E-state index is 14.8. The number of nitrogens with zero attached hydrogens (tertiary/aromatic N) is 1. The van der Waals surface area contributed by atoms with Crippen molar-refractivity contribution >= 4 is 40.9 Å². The van der Waals surface area contributed by atoms with Gasteiger partial charge in [-0.2, -0.15) is 13.2 Å². The van der Waals surface area contributed by atoms with Crippen molar-refractivity contribution in [1.82, 2.24) is 4.57 Å². The highest BCUT2D eigenvalue weighted by Crippen LogP contribution is 2.40. The highest BCUT2D eigenvalue weighted by Gasteiger charge is 2.36. The molecule has 0 saturated carbocycles. The zero-order chi connectivity index (χ0) is 21.3. The van der Waals surface area contributed by atoms with E-state index in [0.717, 1.165) is 16.7 Å². The second kappa shape index (κ2) is 8.54. The van der Waals surface area contributed by atoms with Crippen molar-refractivity contribution in [2.75, 3.05) is 13.2 Å². The largest absolute Gasteiger partial charge is 0.461 e. The maximum Gasteiger partial charge on any atom is 0.417 e. The molecule has 1 aromatic heterocycles. The molecule has 0 atom stereocenters. The summed E-state index contributed by atoms with van der Waals surface area (Å²) in [7, 11) is -1.39. The molecule has 1 aromatic carbocycles. The van der Waals surface area contributed by atoms with Gasteiger partial charge >= 0.3 is 12.1 Å². The van der Waals surface area contributed by atoms with Gasteiger partial charge in [-0.25, -0.2) is 9.18 Å². The minimum atomic E-state index is -4.72. The number of hydrogen-bond acceptors (Lipinski definition) is 3. The predicted octanol–water partition coefficient (Wildman–Crippen LogP) is 6.05. The van der Waals surface area contributed by atoms with Crippen LogP contribution >= 0.6 is 15.9 Å². The molecule has 28 heavy (non-hydrogen) atoms. The average Bonchev–Trinajstić information content (AvgIpc) is 2.93. The van der Waals surface area contributed by atoms with E-state index in [-0.39, 0.29) is 29.0 Å². The van der Waals surface area contributed by atoms with E-state index in [1.807, 2.05) is 0 Å². The third kappa shape index (κ3) is 5.15. The van der Waals surface area contributed by atoms with Crippen LogP contribution in [0.2, 0.25) is 25.7 Å². The molecule has 0 saturated heterocycles. The number of hydrogen-bond donors (Lipinski definition) is 0. The molecule has 0 unspecified atom stereocenters. The van der Waals surface area contributed by atoms with E-state index in [9.17, 15) is 22.4 Å². The maximum atomic E-state index is 14.8. The first-order valence-electron chi connectivity index (χ1n) is 8.70. The van der Waals surface area contributed by atoms with E-state index in [4.69, 9.17) is 9.47 Å². The Kier molecular flexibility index (Phi) is 6.98. The minimum absolute atomic E-state index is 0.0368. The lowest BCUT2D eigenvalue weighted by atomic mass is 10.1. The van der Waals surface area contributed by atoms with E-state index in [2.05, 4.69) is 35.6 Å².